The van der Waals surface area contributed by atoms with E-state index in [1.54, 1.807) is 0 Å². The minimum Gasteiger partial charge on any atom is -0.494 e. The van der Waals surface area contributed by atoms with Crippen molar-refractivity contribution in [2.24, 2.45) is 4.99 Å². The van der Waals surface area contributed by atoms with Gasteiger partial charge in [0.1, 0.15) is 11.9 Å². The lowest BCUT2D eigenvalue weighted by Gasteiger charge is -2.30. The summed E-state index contributed by atoms with van der Waals surface area (Å²) in [4.78, 5) is 19.5. The quantitative estimate of drug-likeness (QED) is 0.220. The molecule has 0 saturated heterocycles. The second kappa shape index (κ2) is 11.5. The van der Waals surface area contributed by atoms with Crippen LogP contribution >= 0.6 is 15.9 Å². The van der Waals surface area contributed by atoms with Crippen LogP contribution in [0.1, 0.15) is 41.6 Å². The smallest absolute Gasteiger partial charge is 0.253 e. The molecule has 1 amide bonds. The highest BCUT2D eigenvalue weighted by molar-refractivity contribution is 9.10. The van der Waals surface area contributed by atoms with Crippen molar-refractivity contribution in [3.63, 3.8) is 0 Å². The molecule has 0 unspecified atom stereocenters. The number of ether oxygens (including phenoxy) is 2. The van der Waals surface area contributed by atoms with Crippen molar-refractivity contribution >= 4 is 27.7 Å². The van der Waals surface area contributed by atoms with E-state index >= 15 is 0 Å². The van der Waals surface area contributed by atoms with Crippen molar-refractivity contribution < 1.29 is 19.4 Å². The molecular weight excluding hydrogens is 580 g/mol. The number of fused-ring (bicyclic) bond motifs is 3. The zero-order valence-electron chi connectivity index (χ0n) is 22.7. The molecule has 208 valence electrons. The largest absolute Gasteiger partial charge is 0.494 e. The molecule has 1 heterocycles. The van der Waals surface area contributed by atoms with Crippen molar-refractivity contribution in [2.45, 2.75) is 37.5 Å². The van der Waals surface area contributed by atoms with E-state index in [0.717, 1.165) is 37.9 Å². The van der Waals surface area contributed by atoms with Crippen LogP contribution in [-0.2, 0) is 16.0 Å². The molecule has 6 nitrogen and oxygen atoms in total. The fourth-order valence-corrected chi connectivity index (χ4v) is 5.89. The van der Waals surface area contributed by atoms with Crippen molar-refractivity contribution in [2.75, 3.05) is 13.2 Å². The van der Waals surface area contributed by atoms with Crippen LogP contribution < -0.4 is 10.1 Å². The summed E-state index contributed by atoms with van der Waals surface area (Å²) in [5, 5.41) is 12.4. The summed E-state index contributed by atoms with van der Waals surface area (Å²) in [7, 11) is 0. The van der Waals surface area contributed by atoms with E-state index in [9.17, 15) is 4.79 Å². The highest BCUT2D eigenvalue weighted by atomic mass is 79.9. The number of nitrogens with one attached hydrogen (secondary N) is 1. The number of halogens is 1. The van der Waals surface area contributed by atoms with Crippen LogP contribution in [0, 0.1) is 0 Å². The van der Waals surface area contributed by atoms with Gasteiger partial charge in [0.05, 0.1) is 12.6 Å². The lowest BCUT2D eigenvalue weighted by Crippen LogP contribution is -2.53. The number of aliphatic imine (C=N–C) groups is 1. The van der Waals surface area contributed by atoms with Gasteiger partial charge >= 0.3 is 0 Å². The summed E-state index contributed by atoms with van der Waals surface area (Å²) < 4.78 is 13.0. The first-order valence-electron chi connectivity index (χ1n) is 13.8. The van der Waals surface area contributed by atoms with Crippen LogP contribution in [0.5, 0.6) is 5.75 Å². The third kappa shape index (κ3) is 5.27. The first kappa shape index (κ1) is 27.2. The van der Waals surface area contributed by atoms with E-state index in [1.807, 2.05) is 79.7 Å². The maximum atomic E-state index is 14.5. The fourth-order valence-electron chi connectivity index (χ4n) is 5.62. The molecule has 4 aromatic carbocycles. The predicted octanol–water partition coefficient (Wildman–Crippen LogP) is 6.24. The van der Waals surface area contributed by atoms with Gasteiger partial charge in [-0.25, -0.2) is 4.99 Å². The Morgan fingerprint density at radius 3 is 2.22 bits per heavy atom. The van der Waals surface area contributed by atoms with Gasteiger partial charge in [0.2, 0.25) is 5.90 Å². The first-order chi connectivity index (χ1) is 20.0. The fraction of sp³-hybridized carbons (Fsp3) is 0.235. The summed E-state index contributed by atoms with van der Waals surface area (Å²) in [5.74, 6) is 0.952. The first-order valence-corrected chi connectivity index (χ1v) is 14.6. The van der Waals surface area contributed by atoms with Gasteiger partial charge in [-0.2, -0.15) is 0 Å². The number of carbonyl (C=O) groups excluding carboxylic acids is 1. The minimum atomic E-state index is -1.17. The van der Waals surface area contributed by atoms with Gasteiger partial charge in [-0.15, -0.1) is 0 Å². The maximum absolute atomic E-state index is 14.5. The van der Waals surface area contributed by atoms with E-state index in [4.69, 9.17) is 19.6 Å². The number of hydrogen-bond acceptors (Lipinski definition) is 5. The van der Waals surface area contributed by atoms with Crippen LogP contribution in [0.3, 0.4) is 0 Å². The van der Waals surface area contributed by atoms with Crippen LogP contribution in [0.2, 0.25) is 0 Å². The van der Waals surface area contributed by atoms with E-state index < -0.39 is 11.6 Å². The third-order valence-corrected chi connectivity index (χ3v) is 8.35. The third-order valence-electron chi connectivity index (χ3n) is 7.82. The van der Waals surface area contributed by atoms with Gasteiger partial charge < -0.3 is 19.9 Å². The lowest BCUT2D eigenvalue weighted by atomic mass is 9.85. The Hall–Kier alpha value is -3.94. The molecule has 0 spiro atoms. The van der Waals surface area contributed by atoms with Gasteiger partial charge in [0, 0.05) is 29.5 Å². The number of hydrogen-bond donors (Lipinski definition) is 2. The standard InChI is InChI=1S/C34H31BrN2O4/c1-22-34(21-23-11-15-25(35)16-12-23,37-32(41-22)24-13-17-26(18-14-24)40-20-6-19-38)33(39)36-31-29-9-4-2-7-27(29)28-8-3-5-10-30(28)31/h2-5,7-18,22,31,38H,6,19-21H2,1H3,(H,36,39)/t22-,34-/m1/s1. The molecule has 4 aromatic rings. The van der Waals surface area contributed by atoms with Crippen LogP contribution in [0.4, 0.5) is 0 Å². The Bertz CT molecular complexity index is 1540. The zero-order chi connectivity index (χ0) is 28.4. The van der Waals surface area contributed by atoms with Crippen molar-refractivity contribution in [1.82, 2.24) is 5.32 Å². The van der Waals surface area contributed by atoms with Crippen molar-refractivity contribution in [3.05, 3.63) is 124 Å². The van der Waals surface area contributed by atoms with Gasteiger partial charge in [-0.05, 0) is 71.1 Å². The minimum absolute atomic E-state index is 0.0845. The average molecular weight is 612 g/mol. The Balaban J connectivity index is 1.35. The number of carbonyl (C=O) groups is 1. The zero-order valence-corrected chi connectivity index (χ0v) is 24.3. The molecule has 0 saturated carbocycles. The molecule has 0 fully saturated rings. The second-order valence-electron chi connectivity index (χ2n) is 10.4. The van der Waals surface area contributed by atoms with Crippen molar-refractivity contribution in [3.8, 4) is 16.9 Å². The summed E-state index contributed by atoms with van der Waals surface area (Å²) >= 11 is 3.51. The van der Waals surface area contributed by atoms with E-state index in [2.05, 4.69) is 45.5 Å². The molecular formula is C34H31BrN2O4. The SMILES string of the molecule is C[C@H]1OC(c2ccc(OCCCO)cc2)=N[C@@]1(Cc1ccc(Br)cc1)C(=O)NC1c2ccccc2-c2ccccc21. The monoisotopic (exact) mass is 610 g/mol. The molecule has 0 aromatic heterocycles. The number of aliphatic hydroxyl groups is 1. The Morgan fingerprint density at radius 1 is 0.951 bits per heavy atom. The van der Waals surface area contributed by atoms with Crippen LogP contribution in [0.15, 0.2) is 107 Å². The molecule has 1 aliphatic heterocycles. The summed E-state index contributed by atoms with van der Waals surface area (Å²) in [6, 6.07) is 31.6. The van der Waals surface area contributed by atoms with Gasteiger partial charge in [0.15, 0.2) is 5.54 Å². The average Bonchev–Trinajstić information content (AvgIpc) is 3.50. The summed E-state index contributed by atoms with van der Waals surface area (Å²) in [6.07, 6.45) is 0.446. The van der Waals surface area contributed by atoms with Gasteiger partial charge in [0.25, 0.3) is 5.91 Å². The Labute approximate surface area is 248 Å². The van der Waals surface area contributed by atoms with E-state index in [-0.39, 0.29) is 18.6 Å². The normalized spacial score (nSPS) is 19.2. The molecule has 1 aliphatic carbocycles. The topological polar surface area (TPSA) is 80.2 Å². The number of amides is 1. The Kier molecular flexibility index (Phi) is 7.65. The number of rotatable bonds is 9. The molecule has 2 N–H and O–H groups in total. The molecule has 41 heavy (non-hydrogen) atoms. The van der Waals surface area contributed by atoms with E-state index in [1.165, 1.54) is 0 Å². The predicted molar refractivity (Wildman–Crippen MR) is 163 cm³/mol. The number of aliphatic hydroxyl groups excluding tert-OH is 1. The molecule has 2 atom stereocenters. The molecule has 2 aliphatic rings. The highest BCUT2D eigenvalue weighted by Crippen LogP contribution is 2.44. The van der Waals surface area contributed by atoms with Crippen molar-refractivity contribution in [1.29, 1.82) is 0 Å². The lowest BCUT2D eigenvalue weighted by molar-refractivity contribution is -0.128. The van der Waals surface area contributed by atoms with Crippen LogP contribution in [-0.4, -0.2) is 41.8 Å². The highest BCUT2D eigenvalue weighted by Gasteiger charge is 2.51. The number of benzene rings is 4. The molecule has 0 radical (unpaired) electrons. The summed E-state index contributed by atoms with van der Waals surface area (Å²) in [5.41, 5.74) is 5.01. The molecule has 6 rings (SSSR count). The number of nitrogens with zero attached hydrogens (tertiary/aromatic N) is 1. The maximum Gasteiger partial charge on any atom is 0.253 e. The van der Waals surface area contributed by atoms with E-state index in [0.29, 0.717) is 31.1 Å². The molecule has 0 bridgehead atoms. The van der Waals surface area contributed by atoms with Gasteiger partial charge in [-0.1, -0.05) is 76.6 Å². The Morgan fingerprint density at radius 2 is 1.59 bits per heavy atom. The second-order valence-corrected chi connectivity index (χ2v) is 11.4. The summed E-state index contributed by atoms with van der Waals surface area (Å²) in [6.45, 7) is 2.44. The molecule has 7 heteroatoms. The van der Waals surface area contributed by atoms with Gasteiger partial charge in [-0.3, -0.25) is 4.79 Å². The van der Waals surface area contributed by atoms with Crippen LogP contribution in [0.25, 0.3) is 11.1 Å².